The molecule has 0 aliphatic heterocycles. The van der Waals surface area contributed by atoms with Crippen LogP contribution in [-0.2, 0) is 22.7 Å². The Bertz CT molecular complexity index is 558. The van der Waals surface area contributed by atoms with E-state index in [1.807, 2.05) is 0 Å². The second kappa shape index (κ2) is 6.51. The van der Waals surface area contributed by atoms with Crippen LogP contribution in [0.5, 0.6) is 0 Å². The zero-order chi connectivity index (χ0) is 15.4. The molecule has 9 heteroatoms. The standard InChI is InChI=1S/C11H14F4N2O2S/c1-20(18,19)17-3-2-16-7-8-4-9(11(13,14)15)6-10(12)5-8/h4-6,16-17H,2-3,7H2,1H3. The lowest BCUT2D eigenvalue weighted by Gasteiger charge is -2.10. The van der Waals surface area contributed by atoms with Crippen molar-refractivity contribution in [2.45, 2.75) is 12.7 Å². The number of rotatable bonds is 6. The lowest BCUT2D eigenvalue weighted by atomic mass is 10.1. The highest BCUT2D eigenvalue weighted by atomic mass is 32.2. The topological polar surface area (TPSA) is 58.2 Å². The monoisotopic (exact) mass is 314 g/mol. The lowest BCUT2D eigenvalue weighted by molar-refractivity contribution is -0.137. The van der Waals surface area contributed by atoms with Gasteiger partial charge in [0, 0.05) is 19.6 Å². The van der Waals surface area contributed by atoms with Gasteiger partial charge in [0.1, 0.15) is 5.82 Å². The Hall–Kier alpha value is -1.19. The Morgan fingerprint density at radius 2 is 1.80 bits per heavy atom. The second-order valence-corrected chi connectivity index (χ2v) is 6.02. The van der Waals surface area contributed by atoms with Crippen LogP contribution in [0.15, 0.2) is 18.2 Å². The van der Waals surface area contributed by atoms with Gasteiger partial charge in [-0.05, 0) is 23.8 Å². The fourth-order valence-electron chi connectivity index (χ4n) is 1.47. The first kappa shape index (κ1) is 16.9. The van der Waals surface area contributed by atoms with E-state index >= 15 is 0 Å². The summed E-state index contributed by atoms with van der Waals surface area (Å²) in [4.78, 5) is 0. The van der Waals surface area contributed by atoms with Crippen molar-refractivity contribution in [1.82, 2.24) is 10.0 Å². The van der Waals surface area contributed by atoms with Crippen molar-refractivity contribution in [3.05, 3.63) is 35.1 Å². The highest BCUT2D eigenvalue weighted by Crippen LogP contribution is 2.30. The molecule has 4 nitrogen and oxygen atoms in total. The number of benzene rings is 1. The number of hydrogen-bond donors (Lipinski definition) is 2. The maximum atomic E-state index is 13.1. The van der Waals surface area contributed by atoms with Gasteiger partial charge in [-0.1, -0.05) is 0 Å². The van der Waals surface area contributed by atoms with E-state index in [1.165, 1.54) is 0 Å². The normalized spacial score (nSPS) is 12.7. The zero-order valence-electron chi connectivity index (χ0n) is 10.6. The van der Waals surface area contributed by atoms with E-state index in [4.69, 9.17) is 0 Å². The molecule has 0 fully saturated rings. The molecule has 114 valence electrons. The summed E-state index contributed by atoms with van der Waals surface area (Å²) in [5.41, 5.74) is -0.916. The largest absolute Gasteiger partial charge is 0.416 e. The van der Waals surface area contributed by atoms with Gasteiger partial charge < -0.3 is 5.32 Å². The number of halogens is 4. The highest BCUT2D eigenvalue weighted by molar-refractivity contribution is 7.88. The van der Waals surface area contributed by atoms with E-state index < -0.39 is 27.6 Å². The predicted molar refractivity (Wildman–Crippen MR) is 66.0 cm³/mol. The molecule has 0 bridgehead atoms. The second-order valence-electron chi connectivity index (χ2n) is 4.19. The molecule has 0 aliphatic carbocycles. The molecular weight excluding hydrogens is 300 g/mol. The zero-order valence-corrected chi connectivity index (χ0v) is 11.4. The van der Waals surface area contributed by atoms with Crippen molar-refractivity contribution >= 4 is 10.0 Å². The van der Waals surface area contributed by atoms with Gasteiger partial charge in [0.15, 0.2) is 0 Å². The molecule has 0 radical (unpaired) electrons. The first-order chi connectivity index (χ1) is 9.08. The third kappa shape index (κ3) is 6.31. The Morgan fingerprint density at radius 1 is 1.15 bits per heavy atom. The Morgan fingerprint density at radius 3 is 2.35 bits per heavy atom. The van der Waals surface area contributed by atoms with Gasteiger partial charge >= 0.3 is 6.18 Å². The summed E-state index contributed by atoms with van der Waals surface area (Å²) in [6.07, 6.45) is -3.61. The first-order valence-corrected chi connectivity index (χ1v) is 7.49. The molecular formula is C11H14F4N2O2S. The summed E-state index contributed by atoms with van der Waals surface area (Å²) >= 11 is 0. The molecule has 1 rings (SSSR count). The number of nitrogens with one attached hydrogen (secondary N) is 2. The van der Waals surface area contributed by atoms with E-state index in [9.17, 15) is 26.0 Å². The van der Waals surface area contributed by atoms with Crippen LogP contribution >= 0.6 is 0 Å². The van der Waals surface area contributed by atoms with Gasteiger partial charge in [-0.2, -0.15) is 13.2 Å². The molecule has 0 saturated heterocycles. The summed E-state index contributed by atoms with van der Waals surface area (Å²) in [5.74, 6) is -0.967. The third-order valence-electron chi connectivity index (χ3n) is 2.28. The third-order valence-corrected chi connectivity index (χ3v) is 3.01. The van der Waals surface area contributed by atoms with Crippen molar-refractivity contribution < 1.29 is 26.0 Å². The predicted octanol–water partition coefficient (Wildman–Crippen LogP) is 1.48. The van der Waals surface area contributed by atoms with Crippen LogP contribution in [0.2, 0.25) is 0 Å². The molecule has 0 unspecified atom stereocenters. The maximum Gasteiger partial charge on any atom is 0.416 e. The number of alkyl halides is 3. The molecule has 1 aromatic rings. The minimum absolute atomic E-state index is 0.00623. The van der Waals surface area contributed by atoms with Crippen molar-refractivity contribution in [3.8, 4) is 0 Å². The highest BCUT2D eigenvalue weighted by Gasteiger charge is 2.31. The minimum atomic E-state index is -4.60. The molecule has 0 amide bonds. The van der Waals surface area contributed by atoms with Crippen LogP contribution in [0.1, 0.15) is 11.1 Å². The van der Waals surface area contributed by atoms with Crippen LogP contribution in [-0.4, -0.2) is 27.8 Å². The number of hydrogen-bond acceptors (Lipinski definition) is 3. The Balaban J connectivity index is 2.54. The van der Waals surface area contributed by atoms with Crippen molar-refractivity contribution in [3.63, 3.8) is 0 Å². The van der Waals surface area contributed by atoms with Crippen molar-refractivity contribution in [1.29, 1.82) is 0 Å². The molecule has 0 saturated carbocycles. The van der Waals surface area contributed by atoms with E-state index in [2.05, 4.69) is 10.0 Å². The van der Waals surface area contributed by atoms with Crippen LogP contribution in [0.4, 0.5) is 17.6 Å². The summed E-state index contributed by atoms with van der Waals surface area (Å²) in [6.45, 7) is 0.317. The van der Waals surface area contributed by atoms with Gasteiger partial charge in [-0.15, -0.1) is 0 Å². The minimum Gasteiger partial charge on any atom is -0.311 e. The van der Waals surface area contributed by atoms with Gasteiger partial charge in [-0.25, -0.2) is 17.5 Å². The van der Waals surface area contributed by atoms with Crippen LogP contribution in [0, 0.1) is 5.82 Å². The first-order valence-electron chi connectivity index (χ1n) is 5.60. The van der Waals surface area contributed by atoms with E-state index in [1.54, 1.807) is 0 Å². The number of sulfonamides is 1. The van der Waals surface area contributed by atoms with Gasteiger partial charge in [0.2, 0.25) is 10.0 Å². The summed E-state index contributed by atoms with van der Waals surface area (Å²) in [5, 5.41) is 2.72. The fourth-order valence-corrected chi connectivity index (χ4v) is 1.95. The van der Waals surface area contributed by atoms with Gasteiger partial charge in [-0.3, -0.25) is 0 Å². The van der Waals surface area contributed by atoms with E-state index in [-0.39, 0.29) is 25.2 Å². The molecule has 0 spiro atoms. The van der Waals surface area contributed by atoms with Crippen molar-refractivity contribution in [2.24, 2.45) is 0 Å². The molecule has 2 N–H and O–H groups in total. The van der Waals surface area contributed by atoms with E-state index in [0.717, 1.165) is 18.4 Å². The smallest absolute Gasteiger partial charge is 0.311 e. The molecule has 0 aromatic heterocycles. The summed E-state index contributed by atoms with van der Waals surface area (Å²) in [7, 11) is -3.30. The average Bonchev–Trinajstić information content (AvgIpc) is 2.25. The molecule has 0 aliphatic rings. The fraction of sp³-hybridized carbons (Fsp3) is 0.455. The van der Waals surface area contributed by atoms with Gasteiger partial charge in [0.25, 0.3) is 0 Å². The summed E-state index contributed by atoms with van der Waals surface area (Å²) in [6, 6.07) is 2.26. The van der Waals surface area contributed by atoms with Gasteiger partial charge in [0.05, 0.1) is 11.8 Å². The quantitative estimate of drug-likeness (QED) is 0.618. The lowest BCUT2D eigenvalue weighted by Crippen LogP contribution is -2.30. The van der Waals surface area contributed by atoms with Crippen molar-refractivity contribution in [2.75, 3.05) is 19.3 Å². The molecule has 20 heavy (non-hydrogen) atoms. The Labute approximate surface area is 114 Å². The Kier molecular flexibility index (Phi) is 5.49. The van der Waals surface area contributed by atoms with Crippen LogP contribution < -0.4 is 10.0 Å². The molecule has 0 atom stereocenters. The van der Waals surface area contributed by atoms with E-state index in [0.29, 0.717) is 6.07 Å². The van der Waals surface area contributed by atoms with Crippen LogP contribution in [0.3, 0.4) is 0 Å². The molecule has 1 aromatic carbocycles. The average molecular weight is 314 g/mol. The van der Waals surface area contributed by atoms with Crippen LogP contribution in [0.25, 0.3) is 0 Å². The SMILES string of the molecule is CS(=O)(=O)NCCNCc1cc(F)cc(C(F)(F)F)c1. The maximum absolute atomic E-state index is 13.1. The molecule has 0 heterocycles. The summed E-state index contributed by atoms with van der Waals surface area (Å²) < 4.78 is 74.2.